The number of anilines is 2. The van der Waals surface area contributed by atoms with Gasteiger partial charge in [0.05, 0.1) is 18.4 Å². The van der Waals surface area contributed by atoms with Gasteiger partial charge in [-0.2, -0.15) is 0 Å². The largest absolute Gasteiger partial charge is 0.497 e. The van der Waals surface area contributed by atoms with Crippen LogP contribution in [-0.4, -0.2) is 13.0 Å². The number of amides is 1. The first-order valence-electron chi connectivity index (χ1n) is 9.48. The number of rotatable bonds is 4. The first-order chi connectivity index (χ1) is 14.2. The Morgan fingerprint density at radius 1 is 0.897 bits per heavy atom. The Labute approximate surface area is 169 Å². The number of hydrogen-bond donors (Lipinski definition) is 0. The van der Waals surface area contributed by atoms with Crippen LogP contribution in [-0.2, 0) is 0 Å². The lowest BCUT2D eigenvalue weighted by molar-refractivity contribution is 0.100. The Morgan fingerprint density at radius 2 is 1.69 bits per heavy atom. The van der Waals surface area contributed by atoms with E-state index in [2.05, 4.69) is 18.7 Å². The molecule has 0 saturated heterocycles. The normalized spacial score (nSPS) is 12.4. The van der Waals surface area contributed by atoms with E-state index in [1.807, 2.05) is 66.7 Å². The van der Waals surface area contributed by atoms with E-state index in [1.165, 1.54) is 0 Å². The molecule has 1 heterocycles. The van der Waals surface area contributed by atoms with Gasteiger partial charge in [0.15, 0.2) is 0 Å². The average molecular weight is 377 g/mol. The molecule has 0 bridgehead atoms. The zero-order valence-electron chi connectivity index (χ0n) is 16.1. The summed E-state index contributed by atoms with van der Waals surface area (Å²) in [4.78, 5) is 15.1. The summed E-state index contributed by atoms with van der Waals surface area (Å²) in [5, 5.41) is 2.07. The fourth-order valence-electron chi connectivity index (χ4n) is 4.05. The van der Waals surface area contributed by atoms with Crippen molar-refractivity contribution in [3.8, 4) is 16.9 Å². The third-order valence-electron chi connectivity index (χ3n) is 5.46. The van der Waals surface area contributed by atoms with Crippen molar-refractivity contribution in [3.63, 3.8) is 0 Å². The Morgan fingerprint density at radius 3 is 2.45 bits per heavy atom. The predicted octanol–water partition coefficient (Wildman–Crippen LogP) is 6.45. The highest BCUT2D eigenvalue weighted by molar-refractivity contribution is 6.29. The number of ether oxygens (including phenoxy) is 1. The monoisotopic (exact) mass is 377 g/mol. The standard InChI is InChI=1S/C26H19NO2/c1-3-17-6-4-7-19(16-17)27-24-15-14-21(18-10-12-20(29-2)13-11-18)22-8-5-9-23(25(22)24)26(27)28/h3-16H,1H2,2H3. The van der Waals surface area contributed by atoms with Crippen LogP contribution in [0.3, 0.4) is 0 Å². The van der Waals surface area contributed by atoms with Gasteiger partial charge in [-0.3, -0.25) is 9.69 Å². The maximum absolute atomic E-state index is 13.3. The average Bonchev–Trinajstić information content (AvgIpc) is 3.07. The van der Waals surface area contributed by atoms with E-state index >= 15 is 0 Å². The minimum absolute atomic E-state index is 0.00121. The maximum Gasteiger partial charge on any atom is 0.263 e. The summed E-state index contributed by atoms with van der Waals surface area (Å²) in [5.74, 6) is 0.821. The van der Waals surface area contributed by atoms with Crippen LogP contribution in [0.2, 0.25) is 0 Å². The first-order valence-corrected chi connectivity index (χ1v) is 9.48. The van der Waals surface area contributed by atoms with Crippen molar-refractivity contribution in [1.82, 2.24) is 0 Å². The third-order valence-corrected chi connectivity index (χ3v) is 5.46. The Kier molecular flexibility index (Phi) is 3.95. The number of methoxy groups -OCH3 is 1. The molecule has 1 aliphatic rings. The summed E-state index contributed by atoms with van der Waals surface area (Å²) in [6, 6.07) is 25.9. The lowest BCUT2D eigenvalue weighted by atomic mass is 9.96. The highest BCUT2D eigenvalue weighted by Gasteiger charge is 2.31. The van der Waals surface area contributed by atoms with Crippen molar-refractivity contribution < 1.29 is 9.53 Å². The second kappa shape index (κ2) is 6.64. The number of carbonyl (C=O) groups is 1. The van der Waals surface area contributed by atoms with Crippen molar-refractivity contribution in [2.24, 2.45) is 0 Å². The molecule has 4 aromatic rings. The number of nitrogens with zero attached hydrogens (tertiary/aromatic N) is 1. The minimum Gasteiger partial charge on any atom is -0.497 e. The van der Waals surface area contributed by atoms with Crippen LogP contribution in [0.5, 0.6) is 5.75 Å². The number of hydrogen-bond acceptors (Lipinski definition) is 2. The SMILES string of the molecule is C=Cc1cccc(N2C(=O)c3cccc4c(-c5ccc(OC)cc5)ccc2c34)c1. The fourth-order valence-corrected chi connectivity index (χ4v) is 4.05. The van der Waals surface area contributed by atoms with Gasteiger partial charge in [-0.1, -0.05) is 55.1 Å². The summed E-state index contributed by atoms with van der Waals surface area (Å²) in [5.41, 5.74) is 5.67. The van der Waals surface area contributed by atoms with Crippen LogP contribution in [0.1, 0.15) is 15.9 Å². The summed E-state index contributed by atoms with van der Waals surface area (Å²) in [6.07, 6.45) is 1.79. The van der Waals surface area contributed by atoms with Crippen LogP contribution in [0.15, 0.2) is 85.4 Å². The van der Waals surface area contributed by atoms with E-state index in [0.29, 0.717) is 0 Å². The van der Waals surface area contributed by atoms with Gasteiger partial charge < -0.3 is 4.74 Å². The van der Waals surface area contributed by atoms with E-state index in [-0.39, 0.29) is 5.91 Å². The molecular formula is C26H19NO2. The van der Waals surface area contributed by atoms with Crippen molar-refractivity contribution in [1.29, 1.82) is 0 Å². The lowest BCUT2D eigenvalue weighted by Crippen LogP contribution is -2.20. The molecule has 1 aliphatic heterocycles. The minimum atomic E-state index is -0.00121. The quantitative estimate of drug-likeness (QED) is 0.409. The molecule has 1 amide bonds. The first kappa shape index (κ1) is 17.3. The molecule has 0 spiro atoms. The van der Waals surface area contributed by atoms with Crippen LogP contribution in [0.4, 0.5) is 11.4 Å². The zero-order valence-corrected chi connectivity index (χ0v) is 16.1. The molecule has 0 unspecified atom stereocenters. The molecule has 140 valence electrons. The van der Waals surface area contributed by atoms with E-state index < -0.39 is 0 Å². The van der Waals surface area contributed by atoms with E-state index in [4.69, 9.17) is 4.74 Å². The van der Waals surface area contributed by atoms with E-state index in [9.17, 15) is 4.79 Å². The number of carbonyl (C=O) groups excluding carboxylic acids is 1. The molecule has 0 aliphatic carbocycles. The molecular weight excluding hydrogens is 358 g/mol. The summed E-state index contributed by atoms with van der Waals surface area (Å²) < 4.78 is 5.28. The Hall–Kier alpha value is -3.85. The predicted molar refractivity (Wildman–Crippen MR) is 119 cm³/mol. The second-order valence-electron chi connectivity index (χ2n) is 7.03. The van der Waals surface area contributed by atoms with Crippen LogP contribution >= 0.6 is 0 Å². The highest BCUT2D eigenvalue weighted by Crippen LogP contribution is 2.45. The van der Waals surface area contributed by atoms with Gasteiger partial charge in [0.1, 0.15) is 5.75 Å². The van der Waals surface area contributed by atoms with Gasteiger partial charge in [-0.25, -0.2) is 0 Å². The van der Waals surface area contributed by atoms with Crippen molar-refractivity contribution >= 4 is 34.1 Å². The molecule has 0 aromatic heterocycles. The summed E-state index contributed by atoms with van der Waals surface area (Å²) in [7, 11) is 1.66. The highest BCUT2D eigenvalue weighted by atomic mass is 16.5. The Balaban J connectivity index is 1.71. The van der Waals surface area contributed by atoms with Gasteiger partial charge in [0.25, 0.3) is 5.91 Å². The topological polar surface area (TPSA) is 29.5 Å². The number of benzene rings is 4. The molecule has 0 atom stereocenters. The summed E-state index contributed by atoms with van der Waals surface area (Å²) >= 11 is 0. The van der Waals surface area contributed by atoms with E-state index in [0.717, 1.165) is 50.2 Å². The van der Waals surface area contributed by atoms with Gasteiger partial charge in [0, 0.05) is 11.1 Å². The van der Waals surface area contributed by atoms with Gasteiger partial charge in [-0.15, -0.1) is 0 Å². The van der Waals surface area contributed by atoms with Crippen LogP contribution in [0, 0.1) is 0 Å². The van der Waals surface area contributed by atoms with Crippen molar-refractivity contribution in [3.05, 3.63) is 96.6 Å². The lowest BCUT2D eigenvalue weighted by Gasteiger charge is -2.19. The second-order valence-corrected chi connectivity index (χ2v) is 7.03. The van der Waals surface area contributed by atoms with Crippen LogP contribution in [0.25, 0.3) is 28.0 Å². The molecule has 0 fully saturated rings. The molecule has 3 heteroatoms. The smallest absolute Gasteiger partial charge is 0.263 e. The maximum atomic E-state index is 13.3. The van der Waals surface area contributed by atoms with Gasteiger partial charge in [-0.05, 0) is 58.5 Å². The zero-order chi connectivity index (χ0) is 20.0. The molecule has 29 heavy (non-hydrogen) atoms. The third kappa shape index (κ3) is 2.63. The molecule has 0 saturated carbocycles. The molecule has 5 rings (SSSR count). The molecule has 3 nitrogen and oxygen atoms in total. The van der Waals surface area contributed by atoms with Crippen molar-refractivity contribution in [2.75, 3.05) is 12.0 Å². The van der Waals surface area contributed by atoms with Gasteiger partial charge >= 0.3 is 0 Å². The van der Waals surface area contributed by atoms with Gasteiger partial charge in [0.2, 0.25) is 0 Å². The molecule has 4 aromatic carbocycles. The van der Waals surface area contributed by atoms with Crippen molar-refractivity contribution in [2.45, 2.75) is 0 Å². The summed E-state index contributed by atoms with van der Waals surface area (Å²) in [6.45, 7) is 3.84. The fraction of sp³-hybridized carbons (Fsp3) is 0.0385. The molecule has 0 radical (unpaired) electrons. The molecule has 0 N–H and O–H groups in total. The van der Waals surface area contributed by atoms with Crippen LogP contribution < -0.4 is 9.64 Å². The Bertz CT molecular complexity index is 1270. The van der Waals surface area contributed by atoms with E-state index in [1.54, 1.807) is 18.1 Å².